The second-order valence-electron chi connectivity index (χ2n) is 5.10. The maximum Gasteiger partial charge on any atom is 0.255 e. The third kappa shape index (κ3) is 3.96. The Morgan fingerprint density at radius 2 is 1.67 bits per heavy atom. The molecular weight excluding hydrogens is 302 g/mol. The third-order valence-corrected chi connectivity index (χ3v) is 3.35. The van der Waals surface area contributed by atoms with Gasteiger partial charge in [0.15, 0.2) is 0 Å². The maximum absolute atomic E-state index is 12.4. The molecule has 0 aliphatic rings. The number of carbonyl (C=O) groups excluding carboxylic acids is 1. The first-order valence-corrected chi connectivity index (χ1v) is 7.16. The Balaban J connectivity index is 2.20. The van der Waals surface area contributed by atoms with Crippen LogP contribution in [0.25, 0.3) is 0 Å². The van der Waals surface area contributed by atoms with Gasteiger partial charge >= 0.3 is 0 Å². The van der Waals surface area contributed by atoms with Gasteiger partial charge in [-0.15, -0.1) is 0 Å². The fourth-order valence-corrected chi connectivity index (χ4v) is 2.12. The number of amides is 1. The van der Waals surface area contributed by atoms with Gasteiger partial charge in [0.05, 0.1) is 5.69 Å². The second-order valence-corrected chi connectivity index (χ2v) is 5.10. The summed E-state index contributed by atoms with van der Waals surface area (Å²) in [5.41, 5.74) is 5.99. The first kappa shape index (κ1) is 16.7. The van der Waals surface area contributed by atoms with Gasteiger partial charge in [-0.1, -0.05) is 24.3 Å². The zero-order valence-corrected chi connectivity index (χ0v) is 13.3. The number of anilines is 2. The van der Waals surface area contributed by atoms with E-state index in [1.54, 1.807) is 36.4 Å². The van der Waals surface area contributed by atoms with Crippen molar-refractivity contribution in [3.8, 4) is 12.1 Å². The normalized spacial score (nSPS) is 9.33. The Hall–Kier alpha value is -3.64. The number of hydrazone groups is 1. The van der Waals surface area contributed by atoms with Crippen molar-refractivity contribution in [2.45, 2.75) is 13.8 Å². The molecule has 2 aromatic rings. The fraction of sp³-hybridized carbons (Fsp3) is 0.111. The first-order valence-electron chi connectivity index (χ1n) is 7.16. The molecule has 0 radical (unpaired) electrons. The fourth-order valence-electron chi connectivity index (χ4n) is 2.12. The van der Waals surface area contributed by atoms with E-state index in [4.69, 9.17) is 10.5 Å². The molecule has 118 valence electrons. The summed E-state index contributed by atoms with van der Waals surface area (Å²) in [5, 5.41) is 23.9. The number of nitriles is 2. The highest BCUT2D eigenvalue weighted by atomic mass is 16.1. The van der Waals surface area contributed by atoms with Gasteiger partial charge in [0.2, 0.25) is 5.71 Å². The number of nitrogens with zero attached hydrogens (tertiary/aromatic N) is 3. The molecule has 0 aliphatic carbocycles. The summed E-state index contributed by atoms with van der Waals surface area (Å²) in [5.74, 6) is -0.249. The first-order chi connectivity index (χ1) is 11.5. The van der Waals surface area contributed by atoms with Crippen LogP contribution in [0, 0.1) is 36.5 Å². The second kappa shape index (κ2) is 7.57. The molecule has 2 N–H and O–H groups in total. The molecule has 0 aliphatic heterocycles. The Morgan fingerprint density at radius 1 is 1.04 bits per heavy atom. The molecule has 0 bridgehead atoms. The number of nitrogens with one attached hydrogen (secondary N) is 2. The van der Waals surface area contributed by atoms with Crippen LogP contribution in [0.3, 0.4) is 0 Å². The summed E-state index contributed by atoms with van der Waals surface area (Å²) in [4.78, 5) is 12.4. The van der Waals surface area contributed by atoms with E-state index in [1.165, 1.54) is 0 Å². The number of rotatable bonds is 4. The van der Waals surface area contributed by atoms with Crippen LogP contribution in [-0.2, 0) is 0 Å². The Labute approximate surface area is 140 Å². The summed E-state index contributed by atoms with van der Waals surface area (Å²) < 4.78 is 0. The predicted octanol–water partition coefficient (Wildman–Crippen LogP) is 3.37. The van der Waals surface area contributed by atoms with Crippen molar-refractivity contribution in [3.05, 3.63) is 59.2 Å². The van der Waals surface area contributed by atoms with E-state index in [1.807, 2.05) is 32.0 Å². The lowest BCUT2D eigenvalue weighted by atomic mass is 10.1. The summed E-state index contributed by atoms with van der Waals surface area (Å²) in [6.07, 6.45) is 0. The van der Waals surface area contributed by atoms with Crippen molar-refractivity contribution in [1.29, 1.82) is 10.5 Å². The molecule has 0 saturated heterocycles. The molecule has 2 rings (SSSR count). The van der Waals surface area contributed by atoms with E-state index >= 15 is 0 Å². The highest BCUT2D eigenvalue weighted by Gasteiger charge is 2.10. The average molecular weight is 317 g/mol. The lowest BCUT2D eigenvalue weighted by molar-refractivity contribution is 0.102. The maximum atomic E-state index is 12.4. The smallest absolute Gasteiger partial charge is 0.255 e. The van der Waals surface area contributed by atoms with Gasteiger partial charge in [0, 0.05) is 11.3 Å². The van der Waals surface area contributed by atoms with Crippen molar-refractivity contribution in [1.82, 2.24) is 0 Å². The summed E-state index contributed by atoms with van der Waals surface area (Å²) in [6.45, 7) is 3.86. The zero-order valence-electron chi connectivity index (χ0n) is 13.3. The van der Waals surface area contributed by atoms with Gasteiger partial charge in [-0.3, -0.25) is 10.2 Å². The van der Waals surface area contributed by atoms with Crippen molar-refractivity contribution in [2.24, 2.45) is 5.10 Å². The predicted molar refractivity (Wildman–Crippen MR) is 92.6 cm³/mol. The van der Waals surface area contributed by atoms with Gasteiger partial charge in [0.25, 0.3) is 5.91 Å². The number of carbonyl (C=O) groups is 1. The lowest BCUT2D eigenvalue weighted by Gasteiger charge is -2.12. The molecule has 6 nitrogen and oxygen atoms in total. The molecule has 0 atom stereocenters. The molecule has 0 fully saturated rings. The Kier molecular flexibility index (Phi) is 5.28. The Bertz CT molecular complexity index is 851. The minimum absolute atomic E-state index is 0.249. The number of aryl methyl sites for hydroxylation is 2. The highest BCUT2D eigenvalue weighted by molar-refractivity contribution is 6.10. The molecule has 1 amide bonds. The van der Waals surface area contributed by atoms with Crippen LogP contribution in [0.4, 0.5) is 11.4 Å². The van der Waals surface area contributed by atoms with E-state index in [2.05, 4.69) is 15.8 Å². The van der Waals surface area contributed by atoms with Crippen LogP contribution in [0.1, 0.15) is 21.5 Å². The van der Waals surface area contributed by atoms with E-state index in [-0.39, 0.29) is 11.6 Å². The summed E-state index contributed by atoms with van der Waals surface area (Å²) >= 11 is 0. The monoisotopic (exact) mass is 317 g/mol. The zero-order chi connectivity index (χ0) is 17.5. The van der Waals surface area contributed by atoms with Crippen LogP contribution in [-0.4, -0.2) is 11.6 Å². The van der Waals surface area contributed by atoms with Gasteiger partial charge in [0.1, 0.15) is 12.1 Å². The van der Waals surface area contributed by atoms with Crippen LogP contribution in [0.5, 0.6) is 0 Å². The summed E-state index contributed by atoms with van der Waals surface area (Å²) in [7, 11) is 0. The van der Waals surface area contributed by atoms with Crippen molar-refractivity contribution in [2.75, 3.05) is 10.7 Å². The molecular formula is C18H15N5O. The lowest BCUT2D eigenvalue weighted by Crippen LogP contribution is -2.14. The molecule has 0 aromatic heterocycles. The molecule has 0 unspecified atom stereocenters. The number of benzene rings is 2. The highest BCUT2D eigenvalue weighted by Crippen LogP contribution is 2.21. The van der Waals surface area contributed by atoms with Gasteiger partial charge in [-0.25, -0.2) is 0 Å². The Morgan fingerprint density at radius 3 is 2.29 bits per heavy atom. The number of hydrogen-bond donors (Lipinski definition) is 2. The topological polar surface area (TPSA) is 101 Å². The quantitative estimate of drug-likeness (QED) is 0.666. The van der Waals surface area contributed by atoms with Crippen molar-refractivity contribution in [3.63, 3.8) is 0 Å². The van der Waals surface area contributed by atoms with Gasteiger partial charge in [-0.2, -0.15) is 15.6 Å². The third-order valence-electron chi connectivity index (χ3n) is 3.35. The SMILES string of the molecule is Cc1cccc(C)c1NC(=O)c1cccc(NN=C(C#N)C#N)c1. The number of para-hydroxylation sites is 1. The molecule has 6 heteroatoms. The van der Waals surface area contributed by atoms with E-state index in [9.17, 15) is 4.79 Å². The molecule has 24 heavy (non-hydrogen) atoms. The largest absolute Gasteiger partial charge is 0.322 e. The van der Waals surface area contributed by atoms with Crippen molar-refractivity contribution < 1.29 is 4.79 Å². The van der Waals surface area contributed by atoms with E-state index < -0.39 is 0 Å². The standard InChI is InChI=1S/C18H15N5O/c1-12-5-3-6-13(2)17(12)21-18(24)14-7-4-8-15(9-14)22-23-16(10-19)11-20/h3-9,22H,1-2H3,(H,21,24). The van der Waals surface area contributed by atoms with E-state index in [0.29, 0.717) is 11.3 Å². The van der Waals surface area contributed by atoms with Gasteiger partial charge < -0.3 is 5.32 Å². The molecule has 0 saturated carbocycles. The van der Waals surface area contributed by atoms with Crippen molar-refractivity contribution >= 4 is 23.0 Å². The van der Waals surface area contributed by atoms with Crippen LogP contribution < -0.4 is 10.7 Å². The number of hydrogen-bond acceptors (Lipinski definition) is 5. The van der Waals surface area contributed by atoms with Crippen LogP contribution >= 0.6 is 0 Å². The van der Waals surface area contributed by atoms with Crippen LogP contribution in [0.15, 0.2) is 47.6 Å². The summed E-state index contributed by atoms with van der Waals surface area (Å²) in [6, 6.07) is 15.7. The van der Waals surface area contributed by atoms with Crippen LogP contribution in [0.2, 0.25) is 0 Å². The molecule has 2 aromatic carbocycles. The minimum Gasteiger partial charge on any atom is -0.322 e. The van der Waals surface area contributed by atoms with E-state index in [0.717, 1.165) is 16.8 Å². The van der Waals surface area contributed by atoms with Gasteiger partial charge in [-0.05, 0) is 43.2 Å². The minimum atomic E-state index is -0.291. The average Bonchev–Trinajstić information content (AvgIpc) is 2.59. The molecule has 0 spiro atoms. The molecule has 0 heterocycles.